The van der Waals surface area contributed by atoms with Crippen LogP contribution >= 0.6 is 11.8 Å². The molecule has 0 aromatic heterocycles. The second-order valence-corrected chi connectivity index (χ2v) is 6.44. The molecule has 0 heterocycles. The Balaban J connectivity index is 1.89. The van der Waals surface area contributed by atoms with E-state index in [1.807, 2.05) is 30.0 Å². The summed E-state index contributed by atoms with van der Waals surface area (Å²) in [5.41, 5.74) is 0. The van der Waals surface area contributed by atoms with Crippen LogP contribution in [-0.2, 0) is 4.79 Å². The largest absolute Gasteiger partial charge is 0.508 e. The molecule has 0 spiro atoms. The molecule has 0 saturated heterocycles. The van der Waals surface area contributed by atoms with Crippen LogP contribution in [0.4, 0.5) is 0 Å². The lowest BCUT2D eigenvalue weighted by Crippen LogP contribution is -1.89. The highest BCUT2D eigenvalue weighted by molar-refractivity contribution is 7.99. The Bertz CT molecular complexity index is 390. The number of phenols is 1. The Kier molecular flexibility index (Phi) is 9.22. The van der Waals surface area contributed by atoms with Gasteiger partial charge in [0.2, 0.25) is 0 Å². The molecule has 0 aliphatic rings. The maximum absolute atomic E-state index is 10.8. The molecule has 0 aliphatic carbocycles. The number of carbonyl (C=O) groups excluding carboxylic acids is 1. The Morgan fingerprint density at radius 1 is 1.05 bits per heavy atom. The predicted octanol–water partition coefficient (Wildman–Crippen LogP) is 5.19. The highest BCUT2D eigenvalue weighted by atomic mass is 32.2. The van der Waals surface area contributed by atoms with Gasteiger partial charge in [-0.2, -0.15) is 0 Å². The van der Waals surface area contributed by atoms with Crippen molar-refractivity contribution in [2.75, 3.05) is 5.75 Å². The average Bonchev–Trinajstić information content (AvgIpc) is 2.40. The van der Waals surface area contributed by atoms with Crippen LogP contribution in [-0.4, -0.2) is 16.6 Å². The number of thioether (sulfide) groups is 1. The molecule has 1 aromatic carbocycles. The molecule has 0 unspecified atom stereocenters. The van der Waals surface area contributed by atoms with Crippen LogP contribution in [0.3, 0.4) is 0 Å². The van der Waals surface area contributed by atoms with E-state index in [4.69, 9.17) is 0 Å². The highest BCUT2D eigenvalue weighted by Crippen LogP contribution is 2.23. The Morgan fingerprint density at radius 3 is 2.35 bits per heavy atom. The molecule has 20 heavy (non-hydrogen) atoms. The first-order valence-corrected chi connectivity index (χ1v) is 8.58. The molecular weight excluding hydrogens is 268 g/mol. The first-order valence-electron chi connectivity index (χ1n) is 7.60. The van der Waals surface area contributed by atoms with Crippen molar-refractivity contribution in [3.8, 4) is 5.75 Å². The van der Waals surface area contributed by atoms with E-state index in [2.05, 4.69) is 0 Å². The number of hydrogen-bond acceptors (Lipinski definition) is 3. The van der Waals surface area contributed by atoms with Crippen LogP contribution < -0.4 is 0 Å². The summed E-state index contributed by atoms with van der Waals surface area (Å²) < 4.78 is 0. The second kappa shape index (κ2) is 10.8. The average molecular weight is 294 g/mol. The standard InChI is InChI=1S/C17H26O2S/c1-15(18)10-7-5-3-2-4-6-8-13-20-17-12-9-11-16(19)14-17/h9,11-12,14,19H,2-8,10,13H2,1H3. The summed E-state index contributed by atoms with van der Waals surface area (Å²) in [5.74, 6) is 1.78. The molecule has 0 radical (unpaired) electrons. The number of benzene rings is 1. The maximum Gasteiger partial charge on any atom is 0.129 e. The number of phenolic OH excluding ortho intramolecular Hbond substituents is 1. The number of Topliss-reactive ketones (excluding diaryl/α,β-unsaturated/α-hetero) is 1. The fourth-order valence-corrected chi connectivity index (χ4v) is 3.09. The van der Waals surface area contributed by atoms with Gasteiger partial charge in [-0.05, 0) is 43.7 Å². The number of carbonyl (C=O) groups is 1. The fourth-order valence-electron chi connectivity index (χ4n) is 2.12. The van der Waals surface area contributed by atoms with Gasteiger partial charge in [-0.1, -0.05) is 38.2 Å². The number of aromatic hydroxyl groups is 1. The summed E-state index contributed by atoms with van der Waals surface area (Å²) in [4.78, 5) is 11.9. The third kappa shape index (κ3) is 9.03. The smallest absolute Gasteiger partial charge is 0.129 e. The first-order chi connectivity index (χ1) is 9.68. The molecule has 2 nitrogen and oxygen atoms in total. The summed E-state index contributed by atoms with van der Waals surface area (Å²) in [6.45, 7) is 1.67. The monoisotopic (exact) mass is 294 g/mol. The molecule has 0 aliphatic heterocycles. The van der Waals surface area contributed by atoms with E-state index >= 15 is 0 Å². The zero-order valence-corrected chi connectivity index (χ0v) is 13.3. The highest BCUT2D eigenvalue weighted by Gasteiger charge is 1.97. The molecule has 0 saturated carbocycles. The van der Waals surface area contributed by atoms with Gasteiger partial charge in [-0.15, -0.1) is 11.8 Å². The van der Waals surface area contributed by atoms with Gasteiger partial charge in [0.05, 0.1) is 0 Å². The summed E-state index contributed by atoms with van der Waals surface area (Å²) in [5, 5.41) is 9.36. The maximum atomic E-state index is 10.8. The predicted molar refractivity (Wildman–Crippen MR) is 86.4 cm³/mol. The molecular formula is C17H26O2S. The molecule has 1 rings (SSSR count). The zero-order chi connectivity index (χ0) is 14.6. The first kappa shape index (κ1) is 17.1. The zero-order valence-electron chi connectivity index (χ0n) is 12.4. The molecule has 1 aromatic rings. The number of ketones is 1. The van der Waals surface area contributed by atoms with Crippen molar-refractivity contribution in [3.05, 3.63) is 24.3 Å². The van der Waals surface area contributed by atoms with Crippen molar-refractivity contribution in [1.82, 2.24) is 0 Å². The molecule has 0 fully saturated rings. The molecule has 1 N–H and O–H groups in total. The van der Waals surface area contributed by atoms with Gasteiger partial charge in [0, 0.05) is 11.3 Å². The lowest BCUT2D eigenvalue weighted by Gasteiger charge is -2.03. The third-order valence-electron chi connectivity index (χ3n) is 3.26. The van der Waals surface area contributed by atoms with Crippen molar-refractivity contribution in [2.45, 2.75) is 63.2 Å². The van der Waals surface area contributed by atoms with Crippen molar-refractivity contribution in [2.24, 2.45) is 0 Å². The van der Waals surface area contributed by atoms with Gasteiger partial charge in [0.1, 0.15) is 11.5 Å². The van der Waals surface area contributed by atoms with E-state index in [1.54, 1.807) is 13.0 Å². The molecule has 0 amide bonds. The van der Waals surface area contributed by atoms with Gasteiger partial charge < -0.3 is 9.90 Å². The van der Waals surface area contributed by atoms with E-state index in [-0.39, 0.29) is 0 Å². The van der Waals surface area contributed by atoms with Crippen LogP contribution in [0.2, 0.25) is 0 Å². The second-order valence-electron chi connectivity index (χ2n) is 5.27. The molecule has 0 bridgehead atoms. The van der Waals surface area contributed by atoms with Crippen molar-refractivity contribution >= 4 is 17.5 Å². The Hall–Kier alpha value is -0.960. The van der Waals surface area contributed by atoms with Crippen LogP contribution in [0.25, 0.3) is 0 Å². The summed E-state index contributed by atoms with van der Waals surface area (Å²) in [6, 6.07) is 7.45. The van der Waals surface area contributed by atoms with Crippen LogP contribution in [0.1, 0.15) is 58.3 Å². The molecule has 0 atom stereocenters. The minimum absolute atomic E-state index is 0.314. The SMILES string of the molecule is CC(=O)CCCCCCCCCSc1cccc(O)c1. The third-order valence-corrected chi connectivity index (χ3v) is 4.34. The quantitative estimate of drug-likeness (QED) is 0.450. The van der Waals surface area contributed by atoms with Gasteiger partial charge in [-0.3, -0.25) is 0 Å². The number of rotatable bonds is 11. The summed E-state index contributed by atoms with van der Waals surface area (Å²) in [7, 11) is 0. The summed E-state index contributed by atoms with van der Waals surface area (Å²) in [6.07, 6.45) is 9.34. The number of unbranched alkanes of at least 4 members (excludes halogenated alkanes) is 6. The van der Waals surface area contributed by atoms with Crippen LogP contribution in [0, 0.1) is 0 Å². The van der Waals surface area contributed by atoms with E-state index in [9.17, 15) is 9.90 Å². The lowest BCUT2D eigenvalue weighted by molar-refractivity contribution is -0.117. The fraction of sp³-hybridized carbons (Fsp3) is 0.588. The van der Waals surface area contributed by atoms with Crippen molar-refractivity contribution < 1.29 is 9.90 Å². The van der Waals surface area contributed by atoms with E-state index in [0.29, 0.717) is 11.5 Å². The van der Waals surface area contributed by atoms with Gasteiger partial charge >= 0.3 is 0 Å². The van der Waals surface area contributed by atoms with E-state index in [0.717, 1.165) is 23.5 Å². The lowest BCUT2D eigenvalue weighted by atomic mass is 10.1. The van der Waals surface area contributed by atoms with Crippen LogP contribution in [0.15, 0.2) is 29.2 Å². The minimum atomic E-state index is 0.314. The minimum Gasteiger partial charge on any atom is -0.508 e. The van der Waals surface area contributed by atoms with Crippen LogP contribution in [0.5, 0.6) is 5.75 Å². The van der Waals surface area contributed by atoms with E-state index < -0.39 is 0 Å². The number of hydrogen-bond donors (Lipinski definition) is 1. The van der Waals surface area contributed by atoms with Crippen molar-refractivity contribution in [1.29, 1.82) is 0 Å². The normalized spacial score (nSPS) is 10.7. The topological polar surface area (TPSA) is 37.3 Å². The van der Waals surface area contributed by atoms with Gasteiger partial charge in [-0.25, -0.2) is 0 Å². The Morgan fingerprint density at radius 2 is 1.70 bits per heavy atom. The van der Waals surface area contributed by atoms with E-state index in [1.165, 1.54) is 38.5 Å². The molecule has 3 heteroatoms. The van der Waals surface area contributed by atoms with Gasteiger partial charge in [0.15, 0.2) is 0 Å². The van der Waals surface area contributed by atoms with Gasteiger partial charge in [0.25, 0.3) is 0 Å². The molecule has 112 valence electrons. The van der Waals surface area contributed by atoms with Crippen molar-refractivity contribution in [3.63, 3.8) is 0 Å². The Labute approximate surface area is 127 Å². The summed E-state index contributed by atoms with van der Waals surface area (Å²) >= 11 is 1.81.